The van der Waals surface area contributed by atoms with Gasteiger partial charge in [0, 0.05) is 50.2 Å². The number of amides is 1. The molecule has 1 aliphatic heterocycles. The predicted octanol–water partition coefficient (Wildman–Crippen LogP) is 2.19. The molecule has 0 bridgehead atoms. The van der Waals surface area contributed by atoms with Crippen LogP contribution in [-0.4, -0.2) is 46.8 Å². The van der Waals surface area contributed by atoms with Gasteiger partial charge in [-0.1, -0.05) is 13.8 Å². The number of rotatable bonds is 2. The summed E-state index contributed by atoms with van der Waals surface area (Å²) >= 11 is 0. The van der Waals surface area contributed by atoms with Crippen molar-refractivity contribution in [3.05, 3.63) is 23.9 Å². The Morgan fingerprint density at radius 2 is 1.86 bits per heavy atom. The highest BCUT2D eigenvalue weighted by atomic mass is 16.2. The van der Waals surface area contributed by atoms with Crippen molar-refractivity contribution in [2.24, 2.45) is 13.0 Å². The van der Waals surface area contributed by atoms with E-state index in [-0.39, 0.29) is 11.8 Å². The van der Waals surface area contributed by atoms with E-state index < -0.39 is 0 Å². The van der Waals surface area contributed by atoms with E-state index in [1.807, 2.05) is 36.7 Å². The average molecular weight is 300 g/mol. The van der Waals surface area contributed by atoms with Gasteiger partial charge in [-0.25, -0.2) is 0 Å². The van der Waals surface area contributed by atoms with E-state index in [1.54, 1.807) is 0 Å². The van der Waals surface area contributed by atoms with Crippen LogP contribution in [0.25, 0.3) is 10.9 Å². The van der Waals surface area contributed by atoms with Gasteiger partial charge >= 0.3 is 0 Å². The number of carbonyl (C=O) groups is 1. The van der Waals surface area contributed by atoms with Crippen LogP contribution in [0.2, 0.25) is 0 Å². The molecule has 3 rings (SSSR count). The molecule has 22 heavy (non-hydrogen) atoms. The fourth-order valence-corrected chi connectivity index (χ4v) is 3.18. The Bertz CT molecular complexity index is 696. The molecule has 1 aromatic carbocycles. The summed E-state index contributed by atoms with van der Waals surface area (Å²) in [5.74, 6) is 0.345. The number of hydrogen-bond donors (Lipinski definition) is 0. The van der Waals surface area contributed by atoms with E-state index in [2.05, 4.69) is 29.1 Å². The van der Waals surface area contributed by atoms with Crippen LogP contribution in [0.1, 0.15) is 19.4 Å². The quantitative estimate of drug-likeness (QED) is 0.853. The normalized spacial score (nSPS) is 15.9. The van der Waals surface area contributed by atoms with Crippen LogP contribution < -0.4 is 4.90 Å². The molecule has 118 valence electrons. The number of aryl methyl sites for hydroxylation is 2. The molecular formula is C17H24N4O. The lowest BCUT2D eigenvalue weighted by Gasteiger charge is -2.37. The Balaban J connectivity index is 1.80. The number of aromatic nitrogens is 2. The summed E-state index contributed by atoms with van der Waals surface area (Å²) in [5, 5.41) is 5.50. The Labute approximate surface area is 131 Å². The molecule has 1 aromatic heterocycles. The molecule has 2 aromatic rings. The van der Waals surface area contributed by atoms with E-state index >= 15 is 0 Å². The van der Waals surface area contributed by atoms with Gasteiger partial charge in [0.1, 0.15) is 0 Å². The summed E-state index contributed by atoms with van der Waals surface area (Å²) in [6.07, 6.45) is 1.91. The second kappa shape index (κ2) is 5.63. The smallest absolute Gasteiger partial charge is 0.225 e. The third kappa shape index (κ3) is 2.56. The lowest BCUT2D eigenvalue weighted by Crippen LogP contribution is -2.50. The second-order valence-corrected chi connectivity index (χ2v) is 6.43. The SMILES string of the molecule is Cc1cc2cnn(C)c2cc1N1CCN(C(=O)C(C)C)CC1. The predicted molar refractivity (Wildman–Crippen MR) is 89.1 cm³/mol. The maximum absolute atomic E-state index is 12.1. The van der Waals surface area contributed by atoms with Crippen molar-refractivity contribution in [3.8, 4) is 0 Å². The molecular weight excluding hydrogens is 276 g/mol. The van der Waals surface area contributed by atoms with Crippen LogP contribution in [-0.2, 0) is 11.8 Å². The number of benzene rings is 1. The molecule has 0 unspecified atom stereocenters. The molecule has 1 saturated heterocycles. The lowest BCUT2D eigenvalue weighted by atomic mass is 10.1. The Morgan fingerprint density at radius 3 is 2.50 bits per heavy atom. The minimum absolute atomic E-state index is 0.0825. The summed E-state index contributed by atoms with van der Waals surface area (Å²) in [5.41, 5.74) is 3.68. The molecule has 0 radical (unpaired) electrons. The van der Waals surface area contributed by atoms with Crippen molar-refractivity contribution in [1.29, 1.82) is 0 Å². The number of hydrogen-bond acceptors (Lipinski definition) is 3. The zero-order valence-corrected chi connectivity index (χ0v) is 13.8. The van der Waals surface area contributed by atoms with Crippen molar-refractivity contribution < 1.29 is 4.79 Å². The molecule has 0 aliphatic carbocycles. The van der Waals surface area contributed by atoms with E-state index in [0.29, 0.717) is 0 Å². The minimum atomic E-state index is 0.0825. The Morgan fingerprint density at radius 1 is 1.18 bits per heavy atom. The van der Waals surface area contributed by atoms with Crippen molar-refractivity contribution in [2.45, 2.75) is 20.8 Å². The highest BCUT2D eigenvalue weighted by molar-refractivity contribution is 5.84. The van der Waals surface area contributed by atoms with Crippen LogP contribution in [0, 0.1) is 12.8 Å². The first-order chi connectivity index (χ1) is 10.5. The zero-order valence-electron chi connectivity index (χ0n) is 13.8. The number of nitrogens with zero attached hydrogens (tertiary/aromatic N) is 4. The summed E-state index contributed by atoms with van der Waals surface area (Å²) in [7, 11) is 1.97. The van der Waals surface area contributed by atoms with E-state index in [9.17, 15) is 4.79 Å². The van der Waals surface area contributed by atoms with E-state index in [4.69, 9.17) is 0 Å². The fraction of sp³-hybridized carbons (Fsp3) is 0.529. The maximum Gasteiger partial charge on any atom is 0.225 e. The minimum Gasteiger partial charge on any atom is -0.368 e. The zero-order chi connectivity index (χ0) is 15.9. The highest BCUT2D eigenvalue weighted by Gasteiger charge is 2.23. The largest absolute Gasteiger partial charge is 0.368 e. The number of carbonyl (C=O) groups excluding carboxylic acids is 1. The van der Waals surface area contributed by atoms with Gasteiger partial charge in [-0.3, -0.25) is 9.48 Å². The molecule has 2 heterocycles. The Hall–Kier alpha value is -2.04. The van der Waals surface area contributed by atoms with Gasteiger partial charge in [0.05, 0.1) is 11.7 Å². The van der Waals surface area contributed by atoms with Crippen LogP contribution in [0.15, 0.2) is 18.3 Å². The van der Waals surface area contributed by atoms with Gasteiger partial charge in [0.25, 0.3) is 0 Å². The average Bonchev–Trinajstić information content (AvgIpc) is 2.86. The standard InChI is InChI=1S/C17H24N4O/c1-12(2)17(22)21-7-5-20(6-8-21)15-10-16-14(9-13(15)3)11-18-19(16)4/h9-12H,5-8H2,1-4H3. The summed E-state index contributed by atoms with van der Waals surface area (Å²) in [6, 6.07) is 4.42. The molecule has 1 amide bonds. The third-order valence-electron chi connectivity index (χ3n) is 4.49. The fourth-order valence-electron chi connectivity index (χ4n) is 3.18. The first-order valence-corrected chi connectivity index (χ1v) is 7.93. The summed E-state index contributed by atoms with van der Waals surface area (Å²) in [4.78, 5) is 16.5. The van der Waals surface area contributed by atoms with Crippen molar-refractivity contribution in [2.75, 3.05) is 31.1 Å². The molecule has 5 nitrogen and oxygen atoms in total. The van der Waals surface area contributed by atoms with Crippen LogP contribution in [0.4, 0.5) is 5.69 Å². The topological polar surface area (TPSA) is 41.4 Å². The van der Waals surface area contributed by atoms with Crippen molar-refractivity contribution in [1.82, 2.24) is 14.7 Å². The van der Waals surface area contributed by atoms with Gasteiger partial charge in [-0.2, -0.15) is 5.10 Å². The first kappa shape index (κ1) is 14.9. The molecule has 0 saturated carbocycles. The van der Waals surface area contributed by atoms with E-state index in [1.165, 1.54) is 16.6 Å². The van der Waals surface area contributed by atoms with Gasteiger partial charge < -0.3 is 9.80 Å². The van der Waals surface area contributed by atoms with Crippen molar-refractivity contribution >= 4 is 22.5 Å². The van der Waals surface area contributed by atoms with Gasteiger partial charge in [-0.05, 0) is 24.6 Å². The Kier molecular flexibility index (Phi) is 3.81. The summed E-state index contributed by atoms with van der Waals surface area (Å²) < 4.78 is 1.91. The second-order valence-electron chi connectivity index (χ2n) is 6.43. The molecule has 1 aliphatic rings. The van der Waals surface area contributed by atoms with E-state index in [0.717, 1.165) is 31.7 Å². The number of anilines is 1. The van der Waals surface area contributed by atoms with Crippen LogP contribution >= 0.6 is 0 Å². The third-order valence-corrected chi connectivity index (χ3v) is 4.49. The molecule has 0 atom stereocenters. The van der Waals surface area contributed by atoms with Gasteiger partial charge in [-0.15, -0.1) is 0 Å². The first-order valence-electron chi connectivity index (χ1n) is 7.93. The summed E-state index contributed by atoms with van der Waals surface area (Å²) in [6.45, 7) is 9.48. The van der Waals surface area contributed by atoms with Crippen LogP contribution in [0.3, 0.4) is 0 Å². The molecule has 5 heteroatoms. The highest BCUT2D eigenvalue weighted by Crippen LogP contribution is 2.27. The van der Waals surface area contributed by atoms with Crippen molar-refractivity contribution in [3.63, 3.8) is 0 Å². The molecule has 0 spiro atoms. The molecule has 0 N–H and O–H groups in total. The number of piperazine rings is 1. The van der Waals surface area contributed by atoms with Gasteiger partial charge in [0.15, 0.2) is 0 Å². The maximum atomic E-state index is 12.1. The monoisotopic (exact) mass is 300 g/mol. The number of fused-ring (bicyclic) bond motifs is 1. The van der Waals surface area contributed by atoms with Gasteiger partial charge in [0.2, 0.25) is 5.91 Å². The lowest BCUT2D eigenvalue weighted by molar-refractivity contribution is -0.134. The van der Waals surface area contributed by atoms with Crippen LogP contribution in [0.5, 0.6) is 0 Å². The molecule has 1 fully saturated rings.